The number of Topliss-reactive ketones (excluding diaryl/α,β-unsaturated/α-hetero) is 1. The van der Waals surface area contributed by atoms with E-state index in [9.17, 15) is 9.59 Å². The molecule has 0 spiro atoms. The largest absolute Gasteiger partial charge is 0.353 e. The van der Waals surface area contributed by atoms with E-state index in [1.54, 1.807) is 0 Å². The predicted molar refractivity (Wildman–Crippen MR) is 98.1 cm³/mol. The lowest BCUT2D eigenvalue weighted by atomic mass is 9.67. The normalized spacial score (nSPS) is 35.2. The van der Waals surface area contributed by atoms with Crippen LogP contribution in [0.3, 0.4) is 0 Å². The molecule has 1 amide bonds. The SMILES string of the molecule is O=C(NC1CCC(c2ccccc2)CC1)C1CC2CCCC(C1)C2=O. The Kier molecular flexibility index (Phi) is 4.91. The quantitative estimate of drug-likeness (QED) is 0.896. The standard InChI is InChI=1S/C22H29NO2/c24-21-17-7-4-8-18(21)14-19(13-17)22(25)23-20-11-9-16(10-12-20)15-5-2-1-3-6-15/h1-3,5-6,16-20H,4,7-14H2,(H,23,25). The summed E-state index contributed by atoms with van der Waals surface area (Å²) >= 11 is 0. The summed E-state index contributed by atoms with van der Waals surface area (Å²) in [6.07, 6.45) is 9.21. The van der Waals surface area contributed by atoms with E-state index >= 15 is 0 Å². The first-order chi connectivity index (χ1) is 12.2. The van der Waals surface area contributed by atoms with Gasteiger partial charge in [-0.15, -0.1) is 0 Å². The third-order valence-electron chi connectivity index (χ3n) is 6.76. The number of ketones is 1. The Hall–Kier alpha value is -1.64. The van der Waals surface area contributed by atoms with E-state index in [4.69, 9.17) is 0 Å². The number of benzene rings is 1. The fourth-order valence-electron chi connectivity index (χ4n) is 5.31. The van der Waals surface area contributed by atoms with Gasteiger partial charge in [0, 0.05) is 23.8 Å². The van der Waals surface area contributed by atoms with Crippen molar-refractivity contribution in [3.05, 3.63) is 35.9 Å². The van der Waals surface area contributed by atoms with Crippen LogP contribution in [0.15, 0.2) is 30.3 Å². The zero-order valence-corrected chi connectivity index (χ0v) is 15.0. The predicted octanol–water partition coefficient (Wildman–Crippen LogP) is 4.22. The average Bonchev–Trinajstić information content (AvgIpc) is 2.63. The van der Waals surface area contributed by atoms with Crippen molar-refractivity contribution in [2.24, 2.45) is 17.8 Å². The van der Waals surface area contributed by atoms with Gasteiger partial charge >= 0.3 is 0 Å². The second kappa shape index (κ2) is 7.31. The van der Waals surface area contributed by atoms with Crippen molar-refractivity contribution in [3.63, 3.8) is 0 Å². The zero-order chi connectivity index (χ0) is 17.2. The van der Waals surface area contributed by atoms with Crippen LogP contribution in [0.5, 0.6) is 0 Å². The molecule has 1 N–H and O–H groups in total. The minimum absolute atomic E-state index is 0.0693. The second-order valence-electron chi connectivity index (χ2n) is 8.36. The highest BCUT2D eigenvalue weighted by Gasteiger charge is 2.41. The molecule has 0 radical (unpaired) electrons. The molecule has 2 unspecified atom stereocenters. The van der Waals surface area contributed by atoms with Crippen molar-refractivity contribution in [3.8, 4) is 0 Å². The number of hydrogen-bond acceptors (Lipinski definition) is 2. The molecule has 25 heavy (non-hydrogen) atoms. The lowest BCUT2D eigenvalue weighted by molar-refractivity contribution is -0.138. The van der Waals surface area contributed by atoms with Gasteiger partial charge in [0.15, 0.2) is 0 Å². The lowest BCUT2D eigenvalue weighted by Crippen LogP contribution is -2.46. The van der Waals surface area contributed by atoms with E-state index in [2.05, 4.69) is 35.6 Å². The van der Waals surface area contributed by atoms with Gasteiger partial charge in [0.2, 0.25) is 5.91 Å². The second-order valence-corrected chi connectivity index (χ2v) is 8.36. The van der Waals surface area contributed by atoms with Crippen LogP contribution < -0.4 is 5.32 Å². The molecule has 3 heteroatoms. The van der Waals surface area contributed by atoms with Gasteiger partial charge in [0.05, 0.1) is 0 Å². The first kappa shape index (κ1) is 16.8. The van der Waals surface area contributed by atoms with Crippen LogP contribution in [0.25, 0.3) is 0 Å². The third kappa shape index (κ3) is 3.65. The number of carbonyl (C=O) groups is 2. The van der Waals surface area contributed by atoms with E-state index in [0.29, 0.717) is 17.7 Å². The minimum atomic E-state index is 0.0693. The molecule has 3 fully saturated rings. The van der Waals surface area contributed by atoms with Crippen LogP contribution in [-0.4, -0.2) is 17.7 Å². The fourth-order valence-corrected chi connectivity index (χ4v) is 5.31. The highest BCUT2D eigenvalue weighted by molar-refractivity contribution is 5.88. The van der Waals surface area contributed by atoms with Crippen molar-refractivity contribution < 1.29 is 9.59 Å². The minimum Gasteiger partial charge on any atom is -0.353 e. The smallest absolute Gasteiger partial charge is 0.223 e. The van der Waals surface area contributed by atoms with Gasteiger partial charge in [0.25, 0.3) is 0 Å². The van der Waals surface area contributed by atoms with Crippen molar-refractivity contribution in [1.29, 1.82) is 0 Å². The van der Waals surface area contributed by atoms with Gasteiger partial charge in [-0.05, 0) is 62.8 Å². The molecule has 4 rings (SSSR count). The molecule has 2 atom stereocenters. The summed E-state index contributed by atoms with van der Waals surface area (Å²) in [4.78, 5) is 24.9. The molecular weight excluding hydrogens is 310 g/mol. The number of nitrogens with one attached hydrogen (secondary N) is 1. The van der Waals surface area contributed by atoms with Crippen LogP contribution in [0, 0.1) is 17.8 Å². The molecule has 0 aromatic heterocycles. The summed E-state index contributed by atoms with van der Waals surface area (Å²) in [5, 5.41) is 3.31. The molecule has 3 aliphatic rings. The summed E-state index contributed by atoms with van der Waals surface area (Å²) < 4.78 is 0. The molecular formula is C22H29NO2. The fraction of sp³-hybridized carbons (Fsp3) is 0.636. The van der Waals surface area contributed by atoms with Crippen LogP contribution in [0.4, 0.5) is 0 Å². The summed E-state index contributed by atoms with van der Waals surface area (Å²) in [7, 11) is 0. The van der Waals surface area contributed by atoms with E-state index in [1.165, 1.54) is 12.0 Å². The molecule has 0 heterocycles. The Morgan fingerprint density at radius 1 is 0.840 bits per heavy atom. The molecule has 3 saturated carbocycles. The van der Waals surface area contributed by atoms with Gasteiger partial charge < -0.3 is 5.32 Å². The van der Waals surface area contributed by atoms with Gasteiger partial charge in [-0.1, -0.05) is 36.8 Å². The highest BCUT2D eigenvalue weighted by Crippen LogP contribution is 2.40. The van der Waals surface area contributed by atoms with Gasteiger partial charge in [0.1, 0.15) is 5.78 Å². The molecule has 0 aliphatic heterocycles. The maximum Gasteiger partial charge on any atom is 0.223 e. The Bertz CT molecular complexity index is 602. The van der Waals surface area contributed by atoms with E-state index in [1.807, 2.05) is 0 Å². The topological polar surface area (TPSA) is 46.2 Å². The number of amides is 1. The Labute approximate surface area is 150 Å². The molecule has 1 aromatic rings. The van der Waals surface area contributed by atoms with Crippen LogP contribution >= 0.6 is 0 Å². The molecule has 2 bridgehead atoms. The summed E-state index contributed by atoms with van der Waals surface area (Å²) in [6.45, 7) is 0. The van der Waals surface area contributed by atoms with Crippen LogP contribution in [0.1, 0.15) is 69.3 Å². The molecule has 3 aliphatic carbocycles. The van der Waals surface area contributed by atoms with Crippen LogP contribution in [-0.2, 0) is 9.59 Å². The molecule has 134 valence electrons. The third-order valence-corrected chi connectivity index (χ3v) is 6.76. The number of fused-ring (bicyclic) bond motifs is 2. The van der Waals surface area contributed by atoms with Crippen molar-refractivity contribution in [2.45, 2.75) is 69.7 Å². The average molecular weight is 339 g/mol. The Balaban J connectivity index is 1.29. The van der Waals surface area contributed by atoms with E-state index < -0.39 is 0 Å². The maximum absolute atomic E-state index is 12.7. The first-order valence-corrected chi connectivity index (χ1v) is 10.1. The van der Waals surface area contributed by atoms with Gasteiger partial charge in [-0.25, -0.2) is 0 Å². The highest BCUT2D eigenvalue weighted by atomic mass is 16.2. The summed E-state index contributed by atoms with van der Waals surface area (Å²) in [6, 6.07) is 11.1. The molecule has 3 nitrogen and oxygen atoms in total. The number of hydrogen-bond donors (Lipinski definition) is 1. The summed E-state index contributed by atoms with van der Waals surface area (Å²) in [5.41, 5.74) is 1.44. The number of carbonyl (C=O) groups excluding carboxylic acids is 2. The summed E-state index contributed by atoms with van der Waals surface area (Å²) in [5.74, 6) is 1.70. The van der Waals surface area contributed by atoms with E-state index in [-0.39, 0.29) is 23.7 Å². The zero-order valence-electron chi connectivity index (χ0n) is 15.0. The van der Waals surface area contributed by atoms with Crippen LogP contribution in [0.2, 0.25) is 0 Å². The monoisotopic (exact) mass is 339 g/mol. The van der Waals surface area contributed by atoms with Crippen molar-refractivity contribution in [2.75, 3.05) is 0 Å². The van der Waals surface area contributed by atoms with Gasteiger partial charge in [-0.3, -0.25) is 9.59 Å². The molecule has 1 aromatic carbocycles. The van der Waals surface area contributed by atoms with Gasteiger partial charge in [-0.2, -0.15) is 0 Å². The lowest BCUT2D eigenvalue weighted by Gasteiger charge is -2.38. The Morgan fingerprint density at radius 3 is 2.12 bits per heavy atom. The first-order valence-electron chi connectivity index (χ1n) is 10.1. The van der Waals surface area contributed by atoms with Crippen molar-refractivity contribution >= 4 is 11.7 Å². The van der Waals surface area contributed by atoms with Crippen molar-refractivity contribution in [1.82, 2.24) is 5.32 Å². The van der Waals surface area contributed by atoms with E-state index in [0.717, 1.165) is 51.4 Å². The maximum atomic E-state index is 12.7. The Morgan fingerprint density at radius 2 is 1.48 bits per heavy atom. The molecule has 0 saturated heterocycles. The number of rotatable bonds is 3.